The van der Waals surface area contributed by atoms with E-state index in [1.54, 1.807) is 18.5 Å². The van der Waals surface area contributed by atoms with Crippen molar-refractivity contribution in [1.29, 1.82) is 0 Å². The number of aliphatic hydroxyl groups excluding tert-OH is 1. The molecule has 2 heterocycles. The zero-order valence-corrected chi connectivity index (χ0v) is 15.8. The predicted octanol–water partition coefficient (Wildman–Crippen LogP) is 2.61. The van der Waals surface area contributed by atoms with Crippen LogP contribution in [-0.2, 0) is 4.84 Å². The van der Waals surface area contributed by atoms with Gasteiger partial charge in [0.15, 0.2) is 0 Å². The molecule has 146 valence electrons. The number of amides is 1. The summed E-state index contributed by atoms with van der Waals surface area (Å²) < 4.78 is 0. The number of aromatic amines is 1. The standard InChI is InChI=1S/C20H23N5O3/c1-3-28-25-20-22-10-13(2)18(24-20)15-9-16(21-11-15)19(27)23-17(12-26)14-7-5-4-6-8-14/h4-11,17,21,26H,3,12H2,1-2H3,(H,23,27)(H,22,24,25). The molecule has 0 radical (unpaired) electrons. The van der Waals surface area contributed by atoms with Gasteiger partial charge in [-0.2, -0.15) is 0 Å². The normalized spacial score (nSPS) is 11.8. The average molecular weight is 381 g/mol. The topological polar surface area (TPSA) is 112 Å². The van der Waals surface area contributed by atoms with Gasteiger partial charge in [0.1, 0.15) is 5.69 Å². The van der Waals surface area contributed by atoms with Crippen molar-refractivity contribution in [3.05, 3.63) is 65.6 Å². The molecule has 0 aliphatic rings. The molecule has 0 aliphatic heterocycles. The number of nitrogens with zero attached hydrogens (tertiary/aromatic N) is 2. The molecule has 1 aromatic carbocycles. The summed E-state index contributed by atoms with van der Waals surface area (Å²) in [6, 6.07) is 10.6. The molecule has 0 bridgehead atoms. The number of aliphatic hydroxyl groups is 1. The van der Waals surface area contributed by atoms with Gasteiger partial charge in [-0.05, 0) is 31.0 Å². The van der Waals surface area contributed by atoms with E-state index in [0.717, 1.165) is 16.7 Å². The lowest BCUT2D eigenvalue weighted by Gasteiger charge is -2.16. The lowest BCUT2D eigenvalue weighted by Crippen LogP contribution is -2.30. The van der Waals surface area contributed by atoms with Gasteiger partial charge in [0.2, 0.25) is 5.95 Å². The van der Waals surface area contributed by atoms with Gasteiger partial charge in [-0.25, -0.2) is 15.4 Å². The van der Waals surface area contributed by atoms with E-state index in [4.69, 9.17) is 4.84 Å². The highest BCUT2D eigenvalue weighted by Gasteiger charge is 2.17. The first-order valence-corrected chi connectivity index (χ1v) is 8.99. The number of H-pyrrole nitrogens is 1. The Hall–Kier alpha value is -3.23. The summed E-state index contributed by atoms with van der Waals surface area (Å²) in [5.41, 5.74) is 6.20. The Balaban J connectivity index is 1.77. The van der Waals surface area contributed by atoms with Crippen LogP contribution in [0.1, 0.15) is 34.6 Å². The Morgan fingerprint density at radius 2 is 2.11 bits per heavy atom. The molecule has 2 aromatic heterocycles. The molecule has 1 unspecified atom stereocenters. The van der Waals surface area contributed by atoms with Gasteiger partial charge in [-0.15, -0.1) is 0 Å². The Bertz CT molecular complexity index is 927. The number of nitrogens with one attached hydrogen (secondary N) is 3. The summed E-state index contributed by atoms with van der Waals surface area (Å²) in [7, 11) is 0. The Kier molecular flexibility index (Phi) is 6.36. The molecule has 8 heteroatoms. The van der Waals surface area contributed by atoms with E-state index in [2.05, 4.69) is 25.7 Å². The van der Waals surface area contributed by atoms with Crippen LogP contribution in [0.25, 0.3) is 11.3 Å². The van der Waals surface area contributed by atoms with Gasteiger partial charge in [-0.3, -0.25) is 9.63 Å². The van der Waals surface area contributed by atoms with Crippen LogP contribution in [0, 0.1) is 6.92 Å². The van der Waals surface area contributed by atoms with Crippen molar-refractivity contribution < 1.29 is 14.7 Å². The molecule has 1 amide bonds. The third-order valence-corrected chi connectivity index (χ3v) is 4.17. The van der Waals surface area contributed by atoms with E-state index in [0.29, 0.717) is 23.9 Å². The van der Waals surface area contributed by atoms with Gasteiger partial charge in [0, 0.05) is 18.0 Å². The summed E-state index contributed by atoms with van der Waals surface area (Å²) in [5, 5.41) is 12.5. The van der Waals surface area contributed by atoms with Crippen LogP contribution in [-0.4, -0.2) is 39.2 Å². The van der Waals surface area contributed by atoms with Gasteiger partial charge in [0.05, 0.1) is 24.9 Å². The van der Waals surface area contributed by atoms with Gasteiger partial charge in [-0.1, -0.05) is 30.3 Å². The van der Waals surface area contributed by atoms with Gasteiger partial charge in [0.25, 0.3) is 5.91 Å². The third-order valence-electron chi connectivity index (χ3n) is 4.17. The monoisotopic (exact) mass is 381 g/mol. The maximum Gasteiger partial charge on any atom is 0.268 e. The molecule has 0 spiro atoms. The zero-order chi connectivity index (χ0) is 19.9. The van der Waals surface area contributed by atoms with E-state index in [1.807, 2.05) is 44.2 Å². The van der Waals surface area contributed by atoms with Crippen molar-refractivity contribution in [2.24, 2.45) is 0 Å². The van der Waals surface area contributed by atoms with Crippen LogP contribution in [0.15, 0.2) is 48.8 Å². The predicted molar refractivity (Wildman–Crippen MR) is 106 cm³/mol. The number of rotatable bonds is 8. The number of benzene rings is 1. The third kappa shape index (κ3) is 4.54. The highest BCUT2D eigenvalue weighted by molar-refractivity contribution is 5.94. The molecule has 0 fully saturated rings. The summed E-state index contributed by atoms with van der Waals surface area (Å²) in [5.74, 6) is 0.0348. The van der Waals surface area contributed by atoms with Crippen LogP contribution in [0.5, 0.6) is 0 Å². The molecule has 0 saturated heterocycles. The second-order valence-corrected chi connectivity index (χ2v) is 6.18. The first kappa shape index (κ1) is 19.5. The molecule has 3 rings (SSSR count). The van der Waals surface area contributed by atoms with Gasteiger partial charge >= 0.3 is 0 Å². The van der Waals surface area contributed by atoms with E-state index >= 15 is 0 Å². The average Bonchev–Trinajstić information content (AvgIpc) is 3.22. The fourth-order valence-corrected chi connectivity index (χ4v) is 2.74. The molecular weight excluding hydrogens is 358 g/mol. The fraction of sp³-hybridized carbons (Fsp3) is 0.250. The number of hydrogen-bond acceptors (Lipinski definition) is 6. The summed E-state index contributed by atoms with van der Waals surface area (Å²) in [6.07, 6.45) is 3.40. The Labute approximate surface area is 163 Å². The minimum absolute atomic E-state index is 0.194. The summed E-state index contributed by atoms with van der Waals surface area (Å²) >= 11 is 0. The molecule has 3 aromatic rings. The first-order valence-electron chi connectivity index (χ1n) is 8.99. The van der Waals surface area contributed by atoms with Gasteiger partial charge < -0.3 is 15.4 Å². The molecule has 0 aliphatic carbocycles. The second kappa shape index (κ2) is 9.12. The van der Waals surface area contributed by atoms with Crippen molar-refractivity contribution in [2.75, 3.05) is 18.7 Å². The number of carbonyl (C=O) groups is 1. The zero-order valence-electron chi connectivity index (χ0n) is 15.8. The summed E-state index contributed by atoms with van der Waals surface area (Å²) in [6.45, 7) is 4.03. The Morgan fingerprint density at radius 1 is 1.32 bits per heavy atom. The molecule has 4 N–H and O–H groups in total. The van der Waals surface area contributed by atoms with E-state index < -0.39 is 6.04 Å². The van der Waals surface area contributed by atoms with Crippen molar-refractivity contribution in [2.45, 2.75) is 19.9 Å². The van der Waals surface area contributed by atoms with E-state index in [9.17, 15) is 9.90 Å². The number of anilines is 1. The Morgan fingerprint density at radius 3 is 2.82 bits per heavy atom. The van der Waals surface area contributed by atoms with Crippen molar-refractivity contribution in [3.63, 3.8) is 0 Å². The van der Waals surface area contributed by atoms with Crippen molar-refractivity contribution in [3.8, 4) is 11.3 Å². The molecule has 8 nitrogen and oxygen atoms in total. The lowest BCUT2D eigenvalue weighted by molar-refractivity contribution is 0.0912. The van der Waals surface area contributed by atoms with Crippen LogP contribution in [0.3, 0.4) is 0 Å². The SMILES string of the molecule is CCONc1ncc(C)c(-c2c[nH]c(C(=O)NC(CO)c3ccccc3)c2)n1. The number of carbonyl (C=O) groups excluding carboxylic acids is 1. The fourth-order valence-electron chi connectivity index (χ4n) is 2.74. The minimum atomic E-state index is -0.483. The highest BCUT2D eigenvalue weighted by atomic mass is 16.6. The quantitative estimate of drug-likeness (QED) is 0.446. The van der Waals surface area contributed by atoms with E-state index in [-0.39, 0.29) is 12.5 Å². The first-order chi connectivity index (χ1) is 13.6. The number of aryl methyl sites for hydroxylation is 1. The molecular formula is C20H23N5O3. The van der Waals surface area contributed by atoms with Crippen LogP contribution in [0.2, 0.25) is 0 Å². The van der Waals surface area contributed by atoms with Crippen molar-refractivity contribution >= 4 is 11.9 Å². The maximum atomic E-state index is 12.6. The van der Waals surface area contributed by atoms with Crippen LogP contribution in [0.4, 0.5) is 5.95 Å². The largest absolute Gasteiger partial charge is 0.394 e. The molecule has 1 atom stereocenters. The minimum Gasteiger partial charge on any atom is -0.394 e. The van der Waals surface area contributed by atoms with Crippen LogP contribution >= 0.6 is 0 Å². The second-order valence-electron chi connectivity index (χ2n) is 6.18. The van der Waals surface area contributed by atoms with Crippen LogP contribution < -0.4 is 10.8 Å². The smallest absolute Gasteiger partial charge is 0.268 e. The maximum absolute atomic E-state index is 12.6. The van der Waals surface area contributed by atoms with E-state index in [1.165, 1.54) is 0 Å². The molecule has 28 heavy (non-hydrogen) atoms. The van der Waals surface area contributed by atoms with Crippen molar-refractivity contribution in [1.82, 2.24) is 20.3 Å². The highest BCUT2D eigenvalue weighted by Crippen LogP contribution is 2.23. The number of hydrogen-bond donors (Lipinski definition) is 4. The molecule has 0 saturated carbocycles. The number of aromatic nitrogens is 3. The summed E-state index contributed by atoms with van der Waals surface area (Å²) in [4.78, 5) is 29.3. The lowest BCUT2D eigenvalue weighted by atomic mass is 10.1.